The molecule has 0 atom stereocenters. The van der Waals surface area contributed by atoms with E-state index < -0.39 is 0 Å². The first-order chi connectivity index (χ1) is 10.6. The quantitative estimate of drug-likeness (QED) is 0.807. The van der Waals surface area contributed by atoms with E-state index in [9.17, 15) is 4.39 Å². The Kier molecular flexibility index (Phi) is 3.73. The van der Waals surface area contributed by atoms with Crippen LogP contribution in [0.1, 0.15) is 16.8 Å². The van der Waals surface area contributed by atoms with Crippen LogP contribution in [-0.4, -0.2) is 15.0 Å². The molecule has 0 unspecified atom stereocenters. The summed E-state index contributed by atoms with van der Waals surface area (Å²) in [5.74, 6) is -0.274. The van der Waals surface area contributed by atoms with E-state index in [1.807, 2.05) is 19.1 Å². The van der Waals surface area contributed by atoms with E-state index in [0.29, 0.717) is 5.69 Å². The molecule has 0 saturated carbocycles. The van der Waals surface area contributed by atoms with Crippen molar-refractivity contribution in [1.29, 1.82) is 0 Å². The summed E-state index contributed by atoms with van der Waals surface area (Å²) >= 11 is 0. The van der Waals surface area contributed by atoms with Crippen molar-refractivity contribution in [2.75, 3.05) is 0 Å². The van der Waals surface area contributed by atoms with Gasteiger partial charge in [-0.15, -0.1) is 5.10 Å². The fourth-order valence-electron chi connectivity index (χ4n) is 2.48. The van der Waals surface area contributed by atoms with E-state index in [-0.39, 0.29) is 12.4 Å². The first kappa shape index (κ1) is 14.4. The number of rotatable bonds is 3. The lowest BCUT2D eigenvalue weighted by Crippen LogP contribution is -2.04. The summed E-state index contributed by atoms with van der Waals surface area (Å²) < 4.78 is 15.0. The summed E-state index contributed by atoms with van der Waals surface area (Å²) in [5, 5.41) is 8.43. The van der Waals surface area contributed by atoms with Crippen molar-refractivity contribution in [1.82, 2.24) is 15.0 Å². The number of benzene rings is 2. The standard InChI is InChI=1S/C17H17FN4/c1-11-4-3-5-16(12(11)2)22-17(15(10-19)20-21-22)13-6-8-14(18)9-7-13/h3-9H,10,19H2,1-2H3. The zero-order chi connectivity index (χ0) is 15.7. The number of aromatic nitrogens is 3. The lowest BCUT2D eigenvalue weighted by atomic mass is 10.1. The van der Waals surface area contributed by atoms with Gasteiger partial charge in [0.2, 0.25) is 0 Å². The van der Waals surface area contributed by atoms with Crippen LogP contribution in [-0.2, 0) is 6.54 Å². The predicted octanol–water partition coefficient (Wildman–Crippen LogP) is 3.15. The van der Waals surface area contributed by atoms with Crippen molar-refractivity contribution in [3.8, 4) is 16.9 Å². The first-order valence-corrected chi connectivity index (χ1v) is 7.09. The van der Waals surface area contributed by atoms with Crippen LogP contribution >= 0.6 is 0 Å². The topological polar surface area (TPSA) is 56.7 Å². The maximum absolute atomic E-state index is 13.2. The summed E-state index contributed by atoms with van der Waals surface area (Å²) in [6, 6.07) is 12.3. The SMILES string of the molecule is Cc1cccc(-n2nnc(CN)c2-c2ccc(F)cc2)c1C. The van der Waals surface area contributed by atoms with E-state index in [0.717, 1.165) is 22.5 Å². The molecule has 0 radical (unpaired) electrons. The average Bonchev–Trinajstić information content (AvgIpc) is 2.94. The van der Waals surface area contributed by atoms with Gasteiger partial charge in [-0.25, -0.2) is 9.07 Å². The predicted molar refractivity (Wildman–Crippen MR) is 84.1 cm³/mol. The highest BCUT2D eigenvalue weighted by molar-refractivity contribution is 5.65. The molecule has 1 heterocycles. The van der Waals surface area contributed by atoms with Gasteiger partial charge < -0.3 is 5.73 Å². The minimum absolute atomic E-state index is 0.274. The summed E-state index contributed by atoms with van der Waals surface area (Å²) in [6.07, 6.45) is 0. The van der Waals surface area contributed by atoms with Gasteiger partial charge in [0.1, 0.15) is 11.5 Å². The largest absolute Gasteiger partial charge is 0.325 e. The maximum Gasteiger partial charge on any atom is 0.123 e. The number of hydrogen-bond acceptors (Lipinski definition) is 3. The minimum Gasteiger partial charge on any atom is -0.325 e. The molecule has 3 aromatic rings. The van der Waals surface area contributed by atoms with Crippen LogP contribution in [0.15, 0.2) is 42.5 Å². The number of hydrogen-bond donors (Lipinski definition) is 1. The molecule has 0 saturated heterocycles. The maximum atomic E-state index is 13.2. The number of halogens is 1. The van der Waals surface area contributed by atoms with Crippen LogP contribution in [0.5, 0.6) is 0 Å². The molecule has 5 heteroatoms. The van der Waals surface area contributed by atoms with Gasteiger partial charge in [-0.3, -0.25) is 0 Å². The molecule has 22 heavy (non-hydrogen) atoms. The van der Waals surface area contributed by atoms with E-state index >= 15 is 0 Å². The Balaban J connectivity index is 2.23. The molecule has 2 aromatic carbocycles. The third-order valence-electron chi connectivity index (χ3n) is 3.86. The Bertz CT molecular complexity index is 806. The molecule has 0 spiro atoms. The molecule has 1 aromatic heterocycles. The van der Waals surface area contributed by atoms with Gasteiger partial charge in [-0.2, -0.15) is 0 Å². The molecule has 0 aliphatic heterocycles. The number of nitrogens with zero attached hydrogens (tertiary/aromatic N) is 3. The lowest BCUT2D eigenvalue weighted by molar-refractivity contribution is 0.628. The fraction of sp³-hybridized carbons (Fsp3) is 0.176. The summed E-state index contributed by atoms with van der Waals surface area (Å²) in [6.45, 7) is 4.37. The van der Waals surface area contributed by atoms with Gasteiger partial charge in [0, 0.05) is 12.1 Å². The highest BCUT2D eigenvalue weighted by Gasteiger charge is 2.17. The van der Waals surface area contributed by atoms with Crippen LogP contribution in [0.2, 0.25) is 0 Å². The van der Waals surface area contributed by atoms with Crippen molar-refractivity contribution in [2.24, 2.45) is 5.73 Å². The fourth-order valence-corrected chi connectivity index (χ4v) is 2.48. The van der Waals surface area contributed by atoms with Gasteiger partial charge in [-0.05, 0) is 55.3 Å². The average molecular weight is 296 g/mol. The first-order valence-electron chi connectivity index (χ1n) is 7.09. The second-order valence-electron chi connectivity index (χ2n) is 5.23. The summed E-state index contributed by atoms with van der Waals surface area (Å²) in [4.78, 5) is 0. The van der Waals surface area contributed by atoms with Crippen molar-refractivity contribution in [2.45, 2.75) is 20.4 Å². The molecule has 4 nitrogen and oxygen atoms in total. The van der Waals surface area contributed by atoms with E-state index in [1.165, 1.54) is 17.7 Å². The summed E-state index contributed by atoms with van der Waals surface area (Å²) in [7, 11) is 0. The minimum atomic E-state index is -0.274. The third-order valence-corrected chi connectivity index (χ3v) is 3.86. The molecular weight excluding hydrogens is 279 g/mol. The Hall–Kier alpha value is -2.53. The van der Waals surface area contributed by atoms with E-state index in [4.69, 9.17) is 5.73 Å². The van der Waals surface area contributed by atoms with Gasteiger partial charge in [0.25, 0.3) is 0 Å². The highest BCUT2D eigenvalue weighted by atomic mass is 19.1. The van der Waals surface area contributed by atoms with Crippen molar-refractivity contribution < 1.29 is 4.39 Å². The van der Waals surface area contributed by atoms with Crippen molar-refractivity contribution in [3.63, 3.8) is 0 Å². The second-order valence-corrected chi connectivity index (χ2v) is 5.23. The normalized spacial score (nSPS) is 10.9. The van der Waals surface area contributed by atoms with Crippen LogP contribution in [0.25, 0.3) is 16.9 Å². The van der Waals surface area contributed by atoms with Gasteiger partial charge in [-0.1, -0.05) is 17.3 Å². The third kappa shape index (κ3) is 2.40. The molecular formula is C17H17FN4. The lowest BCUT2D eigenvalue weighted by Gasteiger charge is -2.12. The molecule has 0 amide bonds. The Morgan fingerprint density at radius 3 is 2.50 bits per heavy atom. The molecule has 3 rings (SSSR count). The Morgan fingerprint density at radius 2 is 1.82 bits per heavy atom. The zero-order valence-electron chi connectivity index (χ0n) is 12.5. The highest BCUT2D eigenvalue weighted by Crippen LogP contribution is 2.27. The monoisotopic (exact) mass is 296 g/mol. The zero-order valence-corrected chi connectivity index (χ0v) is 12.5. The molecule has 0 bridgehead atoms. The van der Waals surface area contributed by atoms with Crippen LogP contribution in [0.3, 0.4) is 0 Å². The second kappa shape index (κ2) is 5.69. The van der Waals surface area contributed by atoms with Gasteiger partial charge in [0.05, 0.1) is 11.4 Å². The molecule has 112 valence electrons. The van der Waals surface area contributed by atoms with Crippen LogP contribution in [0.4, 0.5) is 4.39 Å². The van der Waals surface area contributed by atoms with E-state index in [2.05, 4.69) is 23.3 Å². The number of aryl methyl sites for hydroxylation is 1. The van der Waals surface area contributed by atoms with Crippen molar-refractivity contribution >= 4 is 0 Å². The van der Waals surface area contributed by atoms with Gasteiger partial charge in [0.15, 0.2) is 0 Å². The van der Waals surface area contributed by atoms with Gasteiger partial charge >= 0.3 is 0 Å². The van der Waals surface area contributed by atoms with Crippen molar-refractivity contribution in [3.05, 3.63) is 65.1 Å². The van der Waals surface area contributed by atoms with E-state index in [1.54, 1.807) is 16.8 Å². The molecule has 0 fully saturated rings. The van der Waals surface area contributed by atoms with Crippen LogP contribution in [0, 0.1) is 19.7 Å². The Labute approximate surface area is 128 Å². The molecule has 0 aliphatic rings. The molecule has 0 aliphatic carbocycles. The smallest absolute Gasteiger partial charge is 0.123 e. The van der Waals surface area contributed by atoms with Crippen LogP contribution < -0.4 is 5.73 Å². The summed E-state index contributed by atoms with van der Waals surface area (Å²) in [5.41, 5.74) is 11.4. The Morgan fingerprint density at radius 1 is 1.09 bits per heavy atom. The number of nitrogens with two attached hydrogens (primary N) is 1. The molecule has 2 N–H and O–H groups in total.